The zero-order valence-corrected chi connectivity index (χ0v) is 8.38. The van der Waals surface area contributed by atoms with Gasteiger partial charge in [-0.15, -0.1) is 0 Å². The summed E-state index contributed by atoms with van der Waals surface area (Å²) in [5.41, 5.74) is -1.51. The van der Waals surface area contributed by atoms with Crippen molar-refractivity contribution >= 4 is 24.8 Å². The van der Waals surface area contributed by atoms with Crippen LogP contribution < -0.4 is 16.0 Å². The molecule has 1 aliphatic heterocycles. The van der Waals surface area contributed by atoms with Crippen molar-refractivity contribution in [2.24, 2.45) is 0 Å². The van der Waals surface area contributed by atoms with E-state index in [9.17, 15) is 4.79 Å². The second-order valence-electron chi connectivity index (χ2n) is 2.89. The minimum absolute atomic E-state index is 0. The van der Waals surface area contributed by atoms with Gasteiger partial charge in [-0.05, 0) is 21.1 Å². The summed E-state index contributed by atoms with van der Waals surface area (Å²) < 4.78 is 10.5. The molecule has 0 aromatic rings. The molecule has 0 aromatic heterocycles. The predicted molar refractivity (Wildman–Crippen MR) is 54.5 cm³/mol. The maximum atomic E-state index is 11.0. The maximum absolute atomic E-state index is 11.0. The van der Waals surface area contributed by atoms with Gasteiger partial charge in [-0.25, -0.2) is 4.79 Å². The molecule has 1 aliphatic rings. The van der Waals surface area contributed by atoms with Crippen molar-refractivity contribution in [3.05, 3.63) is 0 Å². The van der Waals surface area contributed by atoms with Gasteiger partial charge in [0.2, 0.25) is 5.72 Å². The van der Waals surface area contributed by atoms with Crippen LogP contribution in [-0.2, 0) is 14.3 Å². The van der Waals surface area contributed by atoms with Crippen molar-refractivity contribution in [1.29, 1.82) is 0 Å². The van der Waals surface area contributed by atoms with Crippen LogP contribution in [0.15, 0.2) is 0 Å². The Morgan fingerprint density at radius 3 is 2.00 bits per heavy atom. The Labute approximate surface area is 100 Å². The molecule has 1 heterocycles. The first-order valence-corrected chi connectivity index (χ1v) is 4.18. The van der Waals surface area contributed by atoms with E-state index in [1.165, 1.54) is 7.05 Å². The normalized spacial score (nSPS) is 28.5. The number of hydrogen-bond donors (Lipinski definition) is 4. The topological polar surface area (TPSA) is 91.9 Å². The number of aliphatic carboxylic acids is 1. The molecule has 1 rings (SSSR count). The van der Waals surface area contributed by atoms with Gasteiger partial charge in [-0.2, -0.15) is 0 Å². The molecule has 0 bridgehead atoms. The summed E-state index contributed by atoms with van der Waals surface area (Å²) in [5.74, 6) is -1.12. The van der Waals surface area contributed by atoms with Crippen molar-refractivity contribution in [3.63, 3.8) is 0 Å². The Hall–Kier alpha value is -0.133. The first-order chi connectivity index (χ1) is 6.54. The van der Waals surface area contributed by atoms with Crippen LogP contribution >= 0.6 is 0 Å². The van der Waals surface area contributed by atoms with E-state index in [0.717, 1.165) is 0 Å². The van der Waals surface area contributed by atoms with E-state index < -0.39 is 17.7 Å². The molecule has 0 radical (unpaired) electrons. The number of ether oxygens (including phenoxy) is 2. The fourth-order valence-electron chi connectivity index (χ4n) is 1.21. The molecule has 0 spiro atoms. The minimum atomic E-state index is -1.51. The number of carboxylic acid groups (broad SMARTS) is 1. The van der Waals surface area contributed by atoms with E-state index in [-0.39, 0.29) is 25.5 Å². The van der Waals surface area contributed by atoms with Crippen LogP contribution in [0.25, 0.3) is 0 Å². The number of rotatable bonds is 4. The number of nitrogens with one attached hydrogen (secondary N) is 3. The first kappa shape index (κ1) is 14.9. The monoisotopic (exact) mass is 213 g/mol. The zero-order valence-electron chi connectivity index (χ0n) is 8.38. The Bertz CT molecular complexity index is 236. The van der Waals surface area contributed by atoms with Crippen molar-refractivity contribution in [2.75, 3.05) is 27.7 Å². The summed E-state index contributed by atoms with van der Waals surface area (Å²) in [7, 11) is 4.70. The average molecular weight is 213 g/mol. The van der Waals surface area contributed by atoms with Gasteiger partial charge in [0, 0.05) is 0 Å². The first-order valence-electron chi connectivity index (χ1n) is 4.18. The van der Waals surface area contributed by atoms with E-state index >= 15 is 0 Å². The van der Waals surface area contributed by atoms with Gasteiger partial charge in [0.1, 0.15) is 6.61 Å². The molecule has 1 fully saturated rings. The van der Waals surface area contributed by atoms with Crippen LogP contribution in [-0.4, -0.2) is 69.4 Å². The molecular weight excluding hydrogens is 197 g/mol. The van der Waals surface area contributed by atoms with Crippen molar-refractivity contribution in [2.45, 2.75) is 11.8 Å². The van der Waals surface area contributed by atoms with Gasteiger partial charge < -0.3 is 9.84 Å². The Morgan fingerprint density at radius 2 is 1.80 bits per heavy atom. The molecule has 15 heavy (non-hydrogen) atoms. The van der Waals surface area contributed by atoms with E-state index in [1.807, 2.05) is 0 Å². The number of hydrogen-bond acceptors (Lipinski definition) is 6. The average Bonchev–Trinajstić information content (AvgIpc) is 2.59. The second-order valence-corrected chi connectivity index (χ2v) is 2.89. The number of carbonyl (C=O) groups is 1. The molecule has 1 atom stereocenters. The predicted octanol–water partition coefficient (Wildman–Crippen LogP) is -2.56. The Morgan fingerprint density at radius 1 is 1.27 bits per heavy atom. The van der Waals surface area contributed by atoms with E-state index in [0.29, 0.717) is 0 Å². The van der Waals surface area contributed by atoms with Crippen molar-refractivity contribution < 1.29 is 19.4 Å². The van der Waals surface area contributed by atoms with Crippen molar-refractivity contribution in [1.82, 2.24) is 16.0 Å². The van der Waals surface area contributed by atoms with Crippen LogP contribution in [0.3, 0.4) is 0 Å². The molecule has 0 aromatic carbocycles. The molecule has 84 valence electrons. The SMILES string of the molecule is CNC1(NC)OC[C@@](NC)(C(=O)O)O1.[LiH]. The fourth-order valence-corrected chi connectivity index (χ4v) is 1.21. The van der Waals surface area contributed by atoms with Crippen LogP contribution in [0.1, 0.15) is 0 Å². The molecule has 0 saturated carbocycles. The van der Waals surface area contributed by atoms with E-state index in [1.54, 1.807) is 14.1 Å². The quantitative estimate of drug-likeness (QED) is 0.301. The third kappa shape index (κ3) is 2.51. The van der Waals surface area contributed by atoms with Gasteiger partial charge in [0.25, 0.3) is 6.03 Å². The van der Waals surface area contributed by atoms with Gasteiger partial charge in [0.15, 0.2) is 0 Å². The zero-order chi connectivity index (χ0) is 10.8. The molecule has 8 heteroatoms. The summed E-state index contributed by atoms with van der Waals surface area (Å²) in [6.45, 7) is -0.0828. The second kappa shape index (κ2) is 5.27. The standard InChI is InChI=1S/C7H15N3O4.Li.H/c1-8-6(5(11)12)4-13-7(9-2,10-3)14-6;;/h8-10H,4H2,1-3H3,(H,11,12);;/t6-;;/m0../s1. The third-order valence-corrected chi connectivity index (χ3v) is 2.20. The summed E-state index contributed by atoms with van der Waals surface area (Å²) >= 11 is 0. The van der Waals surface area contributed by atoms with Crippen LogP contribution in [0.4, 0.5) is 0 Å². The van der Waals surface area contributed by atoms with Gasteiger partial charge in [0.05, 0.1) is 0 Å². The van der Waals surface area contributed by atoms with Gasteiger partial charge in [-0.1, -0.05) is 0 Å². The summed E-state index contributed by atoms with van der Waals surface area (Å²) in [4.78, 5) is 11.0. The summed E-state index contributed by atoms with van der Waals surface area (Å²) in [6, 6.07) is -1.25. The molecular formula is C7H16LiN3O4. The Balaban J connectivity index is 0.00000196. The fraction of sp³-hybridized carbons (Fsp3) is 0.857. The van der Waals surface area contributed by atoms with Gasteiger partial charge >= 0.3 is 24.8 Å². The van der Waals surface area contributed by atoms with Crippen LogP contribution in [0, 0.1) is 0 Å². The molecule has 4 N–H and O–H groups in total. The van der Waals surface area contributed by atoms with Crippen molar-refractivity contribution in [3.8, 4) is 0 Å². The van der Waals surface area contributed by atoms with Gasteiger partial charge in [-0.3, -0.25) is 20.7 Å². The number of likely N-dealkylation sites (N-methyl/N-ethyl adjacent to an activating group) is 1. The van der Waals surface area contributed by atoms with Crippen LogP contribution in [0.2, 0.25) is 0 Å². The summed E-state index contributed by atoms with van der Waals surface area (Å²) in [5, 5.41) is 17.0. The molecule has 7 nitrogen and oxygen atoms in total. The summed E-state index contributed by atoms with van der Waals surface area (Å²) in [6.07, 6.45) is 0. The third-order valence-electron chi connectivity index (χ3n) is 2.20. The van der Waals surface area contributed by atoms with Crippen LogP contribution in [0.5, 0.6) is 0 Å². The number of carboxylic acids is 1. The molecule has 0 unspecified atom stereocenters. The van der Waals surface area contributed by atoms with E-state index in [4.69, 9.17) is 14.6 Å². The molecule has 0 aliphatic carbocycles. The molecule has 1 saturated heterocycles. The Kier molecular flexibility index (Phi) is 5.23. The van der Waals surface area contributed by atoms with E-state index in [2.05, 4.69) is 16.0 Å². The molecule has 0 amide bonds.